The van der Waals surface area contributed by atoms with Crippen LogP contribution in [0.4, 0.5) is 0 Å². The van der Waals surface area contributed by atoms with Crippen molar-refractivity contribution in [2.24, 2.45) is 5.92 Å². The van der Waals surface area contributed by atoms with E-state index >= 15 is 0 Å². The van der Waals surface area contributed by atoms with Crippen molar-refractivity contribution in [3.8, 4) is 11.5 Å². The highest BCUT2D eigenvalue weighted by atomic mass is 32.2. The Balaban J connectivity index is 3.23. The number of carboxylic acids is 1. The number of hydrogen-bond acceptors (Lipinski definition) is 4. The average Bonchev–Trinajstić information content (AvgIpc) is 2.37. The number of methoxy groups -OCH3 is 2. The molecular weight excluding hydrogens is 252 g/mol. The number of rotatable bonds is 6. The molecule has 0 saturated heterocycles. The Morgan fingerprint density at radius 3 is 2.33 bits per heavy atom. The second-order valence-corrected chi connectivity index (χ2v) is 4.74. The normalized spacial score (nSPS) is 12.0. The molecule has 0 amide bonds. The molecule has 1 rings (SSSR count). The van der Waals surface area contributed by atoms with Crippen LogP contribution in [0.2, 0.25) is 0 Å². The van der Waals surface area contributed by atoms with E-state index in [-0.39, 0.29) is 0 Å². The second kappa shape index (κ2) is 6.54. The molecule has 0 spiro atoms. The summed E-state index contributed by atoms with van der Waals surface area (Å²) in [4.78, 5) is 11.9. The number of aliphatic carboxylic acids is 1. The molecule has 18 heavy (non-hydrogen) atoms. The Bertz CT molecular complexity index is 431. The first-order valence-electron chi connectivity index (χ1n) is 5.55. The third-order valence-electron chi connectivity index (χ3n) is 2.76. The molecule has 1 unspecified atom stereocenters. The van der Waals surface area contributed by atoms with Gasteiger partial charge < -0.3 is 14.6 Å². The molecule has 1 N–H and O–H groups in total. The number of carboxylic acid groups (broad SMARTS) is 1. The van der Waals surface area contributed by atoms with Gasteiger partial charge in [-0.25, -0.2) is 0 Å². The Labute approximate surface area is 111 Å². The van der Waals surface area contributed by atoms with Crippen LogP contribution >= 0.6 is 11.8 Å². The van der Waals surface area contributed by atoms with Gasteiger partial charge in [0.05, 0.1) is 25.0 Å². The van der Waals surface area contributed by atoms with Crippen molar-refractivity contribution in [1.29, 1.82) is 0 Å². The first-order chi connectivity index (χ1) is 8.54. The van der Waals surface area contributed by atoms with E-state index in [4.69, 9.17) is 14.6 Å². The maximum atomic E-state index is 11.0. The highest BCUT2D eigenvalue weighted by Crippen LogP contribution is 2.38. The monoisotopic (exact) mass is 270 g/mol. The number of benzene rings is 1. The van der Waals surface area contributed by atoms with E-state index in [1.165, 1.54) is 11.8 Å². The lowest BCUT2D eigenvalue weighted by Gasteiger charge is -2.17. The molecule has 5 heteroatoms. The van der Waals surface area contributed by atoms with Crippen LogP contribution in [0.5, 0.6) is 11.5 Å². The van der Waals surface area contributed by atoms with Crippen molar-refractivity contribution in [1.82, 2.24) is 0 Å². The third-order valence-corrected chi connectivity index (χ3v) is 3.61. The summed E-state index contributed by atoms with van der Waals surface area (Å²) in [5.41, 5.74) is 0.888. The summed E-state index contributed by atoms with van der Waals surface area (Å²) >= 11 is 1.53. The molecule has 1 aromatic rings. The molecule has 0 saturated carbocycles. The zero-order chi connectivity index (χ0) is 13.7. The fourth-order valence-corrected chi connectivity index (χ4v) is 2.53. The van der Waals surface area contributed by atoms with Gasteiger partial charge in [-0.2, -0.15) is 0 Å². The van der Waals surface area contributed by atoms with Crippen LogP contribution in [0.1, 0.15) is 12.5 Å². The summed E-state index contributed by atoms with van der Waals surface area (Å²) in [7, 11) is 3.19. The molecular formula is C13H18O4S. The van der Waals surface area contributed by atoms with Gasteiger partial charge in [0.1, 0.15) is 11.5 Å². The van der Waals surface area contributed by atoms with Crippen LogP contribution < -0.4 is 9.47 Å². The lowest BCUT2D eigenvalue weighted by molar-refractivity contribution is -0.141. The summed E-state index contributed by atoms with van der Waals surface area (Å²) in [6, 6.07) is 3.64. The molecule has 1 atom stereocenters. The lowest BCUT2D eigenvalue weighted by Crippen LogP contribution is -2.13. The maximum Gasteiger partial charge on any atom is 0.306 e. The molecule has 4 nitrogen and oxygen atoms in total. The molecule has 100 valence electrons. The molecule has 0 aliphatic carbocycles. The van der Waals surface area contributed by atoms with E-state index in [0.29, 0.717) is 12.2 Å². The van der Waals surface area contributed by atoms with Gasteiger partial charge in [0.2, 0.25) is 0 Å². The first-order valence-corrected chi connectivity index (χ1v) is 6.78. The fraction of sp³-hybridized carbons (Fsp3) is 0.462. The van der Waals surface area contributed by atoms with E-state index in [0.717, 1.165) is 16.2 Å². The van der Waals surface area contributed by atoms with Crippen LogP contribution in [0.15, 0.2) is 17.0 Å². The topological polar surface area (TPSA) is 55.8 Å². The maximum absolute atomic E-state index is 11.0. The molecule has 0 aliphatic rings. The summed E-state index contributed by atoms with van der Waals surface area (Å²) in [5, 5.41) is 9.02. The second-order valence-electron chi connectivity index (χ2n) is 3.93. The number of thioether (sulfide) groups is 1. The third kappa shape index (κ3) is 3.10. The minimum Gasteiger partial charge on any atom is -0.496 e. The van der Waals surface area contributed by atoms with Crippen LogP contribution in [0.3, 0.4) is 0 Å². The molecule has 1 aromatic carbocycles. The number of ether oxygens (including phenoxy) is 2. The highest BCUT2D eigenvalue weighted by Gasteiger charge is 2.20. The Hall–Kier alpha value is -1.36. The van der Waals surface area contributed by atoms with E-state index < -0.39 is 11.9 Å². The van der Waals surface area contributed by atoms with E-state index in [2.05, 4.69) is 0 Å². The van der Waals surface area contributed by atoms with Gasteiger partial charge in [0, 0.05) is 5.56 Å². The van der Waals surface area contributed by atoms with E-state index in [1.807, 2.05) is 18.4 Å². The Kier molecular flexibility index (Phi) is 5.34. The predicted octanol–water partition coefficient (Wildman–Crippen LogP) is 2.69. The largest absolute Gasteiger partial charge is 0.496 e. The van der Waals surface area contributed by atoms with E-state index in [1.54, 1.807) is 21.1 Å². The van der Waals surface area contributed by atoms with Crippen molar-refractivity contribution in [2.75, 3.05) is 20.5 Å². The molecule has 0 fully saturated rings. The van der Waals surface area contributed by atoms with Crippen molar-refractivity contribution in [3.63, 3.8) is 0 Å². The number of hydrogen-bond donors (Lipinski definition) is 1. The van der Waals surface area contributed by atoms with Crippen LogP contribution in [0.25, 0.3) is 0 Å². The summed E-state index contributed by atoms with van der Waals surface area (Å²) < 4.78 is 10.6. The van der Waals surface area contributed by atoms with E-state index in [9.17, 15) is 4.79 Å². The van der Waals surface area contributed by atoms with Gasteiger partial charge in [0.15, 0.2) is 0 Å². The minimum atomic E-state index is -0.813. The summed E-state index contributed by atoms with van der Waals surface area (Å²) in [6.45, 7) is 1.69. The average molecular weight is 270 g/mol. The Morgan fingerprint density at radius 2 is 1.89 bits per heavy atom. The summed E-state index contributed by atoms with van der Waals surface area (Å²) in [5.74, 6) is 0.174. The fourth-order valence-electron chi connectivity index (χ4n) is 1.75. The molecule has 0 radical (unpaired) electrons. The summed E-state index contributed by atoms with van der Waals surface area (Å²) in [6.07, 6.45) is 2.36. The zero-order valence-corrected chi connectivity index (χ0v) is 11.8. The van der Waals surface area contributed by atoms with Gasteiger partial charge in [0.25, 0.3) is 0 Å². The quantitative estimate of drug-likeness (QED) is 0.805. The smallest absolute Gasteiger partial charge is 0.306 e. The van der Waals surface area contributed by atoms with Crippen molar-refractivity contribution in [2.45, 2.75) is 18.2 Å². The first kappa shape index (κ1) is 14.7. The molecule has 0 bridgehead atoms. The van der Waals surface area contributed by atoms with Crippen LogP contribution in [0, 0.1) is 5.92 Å². The van der Waals surface area contributed by atoms with Gasteiger partial charge in [-0.05, 0) is 24.8 Å². The lowest BCUT2D eigenvalue weighted by atomic mass is 10.00. The standard InChI is InChI=1S/C13H18O4S/c1-8(13(14)15)7-9-10(16-2)5-6-11(17-3)12(9)18-4/h5-6,8H,7H2,1-4H3,(H,14,15). The number of carbonyl (C=O) groups is 1. The zero-order valence-electron chi connectivity index (χ0n) is 11.0. The predicted molar refractivity (Wildman–Crippen MR) is 71.8 cm³/mol. The van der Waals surface area contributed by atoms with Gasteiger partial charge >= 0.3 is 5.97 Å². The van der Waals surface area contributed by atoms with Crippen LogP contribution in [-0.4, -0.2) is 31.6 Å². The van der Waals surface area contributed by atoms with Gasteiger partial charge in [-0.15, -0.1) is 11.8 Å². The van der Waals surface area contributed by atoms with Gasteiger partial charge in [-0.3, -0.25) is 4.79 Å². The SMILES string of the molecule is COc1ccc(OC)c(SC)c1CC(C)C(=O)O. The molecule has 0 aliphatic heterocycles. The Morgan fingerprint density at radius 1 is 1.33 bits per heavy atom. The molecule has 0 aromatic heterocycles. The van der Waals surface area contributed by atoms with Crippen molar-refractivity contribution in [3.05, 3.63) is 17.7 Å². The molecule has 0 heterocycles. The van der Waals surface area contributed by atoms with Crippen LogP contribution in [-0.2, 0) is 11.2 Å². The van der Waals surface area contributed by atoms with Gasteiger partial charge in [-0.1, -0.05) is 6.92 Å². The highest BCUT2D eigenvalue weighted by molar-refractivity contribution is 7.98. The minimum absolute atomic E-state index is 0.422. The van der Waals surface area contributed by atoms with Crippen molar-refractivity contribution >= 4 is 17.7 Å². The van der Waals surface area contributed by atoms with Crippen molar-refractivity contribution < 1.29 is 19.4 Å².